The first-order chi connectivity index (χ1) is 25.5. The summed E-state index contributed by atoms with van der Waals surface area (Å²) in [5, 5.41) is 8.98. The molecule has 284 valence electrons. The quantitative estimate of drug-likeness (QED) is 0.142. The van der Waals surface area contributed by atoms with Crippen molar-refractivity contribution in [3.05, 3.63) is 42.0 Å². The zero-order valence-corrected chi connectivity index (χ0v) is 30.6. The number of aromatic nitrogens is 6. The fraction of sp³-hybridized carbons (Fsp3) is 0.579. The topological polar surface area (TPSA) is 136 Å². The molecule has 2 aliphatic carbocycles. The Kier molecular flexibility index (Phi) is 10.6. The van der Waals surface area contributed by atoms with Gasteiger partial charge in [0.25, 0.3) is 0 Å². The van der Waals surface area contributed by atoms with Gasteiger partial charge in [-0.2, -0.15) is 13.2 Å². The predicted octanol–water partition coefficient (Wildman–Crippen LogP) is 6.78. The fourth-order valence-electron chi connectivity index (χ4n) is 8.19. The smallest absolute Gasteiger partial charge is 0.418 e. The van der Waals surface area contributed by atoms with Crippen LogP contribution < -0.4 is 9.80 Å². The summed E-state index contributed by atoms with van der Waals surface area (Å²) in [5.41, 5.74) is 2.39. The molecular formula is C38H48F3N9O3. The number of aromatic amines is 1. The van der Waals surface area contributed by atoms with Gasteiger partial charge in [0, 0.05) is 75.4 Å². The Labute approximate surface area is 307 Å². The van der Waals surface area contributed by atoms with E-state index in [-0.39, 0.29) is 35.1 Å². The van der Waals surface area contributed by atoms with Gasteiger partial charge < -0.3 is 24.6 Å². The first-order valence-electron chi connectivity index (χ1n) is 18.7. The lowest BCUT2D eigenvalue weighted by Gasteiger charge is -2.40. The lowest BCUT2D eigenvalue weighted by molar-refractivity contribution is -0.139. The summed E-state index contributed by atoms with van der Waals surface area (Å²) in [5.74, 6) is 0.267. The van der Waals surface area contributed by atoms with Crippen LogP contribution in [-0.4, -0.2) is 105 Å². The molecule has 1 saturated heterocycles. The summed E-state index contributed by atoms with van der Waals surface area (Å²) in [6.07, 6.45) is 6.92. The molecule has 0 unspecified atom stereocenters. The average molecular weight is 736 g/mol. The summed E-state index contributed by atoms with van der Waals surface area (Å²) in [6.45, 7) is 9.29. The van der Waals surface area contributed by atoms with E-state index in [1.807, 2.05) is 6.07 Å². The molecule has 12 nitrogen and oxygen atoms in total. The van der Waals surface area contributed by atoms with Crippen LogP contribution in [0.25, 0.3) is 33.9 Å². The average Bonchev–Trinajstić information content (AvgIpc) is 3.73. The number of carboxylic acids is 1. The molecular weight excluding hydrogens is 687 g/mol. The second-order valence-electron chi connectivity index (χ2n) is 15.0. The van der Waals surface area contributed by atoms with Crippen LogP contribution in [0.2, 0.25) is 0 Å². The molecule has 4 aromatic heterocycles. The van der Waals surface area contributed by atoms with Gasteiger partial charge in [-0.25, -0.2) is 19.9 Å². The van der Waals surface area contributed by atoms with Gasteiger partial charge in [-0.05, 0) is 64.6 Å². The Hall–Kier alpha value is -4.37. The largest absolute Gasteiger partial charge is 0.481 e. The third-order valence-corrected chi connectivity index (χ3v) is 11.0. The van der Waals surface area contributed by atoms with Gasteiger partial charge in [0.2, 0.25) is 0 Å². The molecule has 2 N–H and O–H groups in total. The molecule has 3 fully saturated rings. The molecule has 0 spiro atoms. The highest BCUT2D eigenvalue weighted by atomic mass is 19.4. The number of nitrogens with one attached hydrogen (secondary N) is 1. The van der Waals surface area contributed by atoms with E-state index < -0.39 is 17.7 Å². The number of halogens is 3. The van der Waals surface area contributed by atoms with Crippen LogP contribution in [0, 0.1) is 5.41 Å². The molecule has 1 atom stereocenters. The molecule has 0 radical (unpaired) electrons. The number of rotatable bonds is 14. The predicted molar refractivity (Wildman–Crippen MR) is 196 cm³/mol. The van der Waals surface area contributed by atoms with Gasteiger partial charge in [0.1, 0.15) is 17.0 Å². The maximum atomic E-state index is 14.3. The number of ether oxygens (including phenoxy) is 1. The van der Waals surface area contributed by atoms with Gasteiger partial charge >= 0.3 is 12.1 Å². The van der Waals surface area contributed by atoms with Crippen molar-refractivity contribution in [2.75, 3.05) is 62.8 Å². The van der Waals surface area contributed by atoms with Crippen LogP contribution in [0.1, 0.15) is 82.4 Å². The number of hydrogen-bond donors (Lipinski definition) is 2. The van der Waals surface area contributed by atoms with Crippen molar-refractivity contribution in [1.29, 1.82) is 0 Å². The third kappa shape index (κ3) is 8.10. The van der Waals surface area contributed by atoms with Crippen LogP contribution >= 0.6 is 0 Å². The molecule has 1 aliphatic heterocycles. The lowest BCUT2D eigenvalue weighted by atomic mass is 9.86. The van der Waals surface area contributed by atoms with Crippen molar-refractivity contribution in [2.45, 2.75) is 83.4 Å². The summed E-state index contributed by atoms with van der Waals surface area (Å²) in [6, 6.07) is 3.21. The monoisotopic (exact) mass is 735 g/mol. The van der Waals surface area contributed by atoms with Gasteiger partial charge in [0.05, 0.1) is 41.6 Å². The number of pyridine rings is 2. The SMILES string of the molecule is CCN(CC1(COC)CCCC1)c1cc(-c2cnc(C3CC3)c(C(F)(F)F)c2)nc2nc(-c3cnc(N4CCN(CCCC(=O)O)C[C@H]4C)cn3)[nH]c12. The summed E-state index contributed by atoms with van der Waals surface area (Å²) >= 11 is 0. The number of nitrogens with zero attached hydrogens (tertiary/aromatic N) is 8. The standard InChI is InChI=1S/C38H48F3N9O3/c1-4-49(22-37(23-53-3)11-5-6-12-37)30-17-28(26-16-27(38(39,40)41)33(44-18-26)25-9-10-25)45-36-34(30)46-35(47-36)29-19-43-31(20-42-29)50-15-14-48(21-24(50)2)13-7-8-32(51)52/h16-20,24-25H,4-15,21-23H2,1-3H3,(H,51,52)(H,45,46,47)/t24-/m1/s1. The molecule has 4 aromatic rings. The van der Waals surface area contributed by atoms with E-state index in [1.165, 1.54) is 12.3 Å². The maximum Gasteiger partial charge on any atom is 0.418 e. The number of carboxylic acid groups (broad SMARTS) is 1. The summed E-state index contributed by atoms with van der Waals surface area (Å²) in [7, 11) is 1.73. The normalized spacial score (nSPS) is 19.3. The minimum Gasteiger partial charge on any atom is -0.481 e. The molecule has 0 amide bonds. The summed E-state index contributed by atoms with van der Waals surface area (Å²) < 4.78 is 48.6. The lowest BCUT2D eigenvalue weighted by Crippen LogP contribution is -2.52. The second-order valence-corrected chi connectivity index (χ2v) is 15.0. The zero-order chi connectivity index (χ0) is 37.3. The van der Waals surface area contributed by atoms with E-state index in [1.54, 1.807) is 19.5 Å². The molecule has 3 aliphatic rings. The van der Waals surface area contributed by atoms with Crippen molar-refractivity contribution in [1.82, 2.24) is 34.8 Å². The molecule has 53 heavy (non-hydrogen) atoms. The number of imidazole rings is 1. The minimum atomic E-state index is -4.53. The highest BCUT2D eigenvalue weighted by Gasteiger charge is 2.40. The third-order valence-electron chi connectivity index (χ3n) is 11.0. The zero-order valence-electron chi connectivity index (χ0n) is 30.6. The van der Waals surface area contributed by atoms with E-state index in [0.29, 0.717) is 60.8 Å². The van der Waals surface area contributed by atoms with E-state index in [9.17, 15) is 18.0 Å². The first-order valence-corrected chi connectivity index (χ1v) is 18.7. The van der Waals surface area contributed by atoms with Crippen LogP contribution in [0.3, 0.4) is 0 Å². The van der Waals surface area contributed by atoms with Gasteiger partial charge in [0.15, 0.2) is 11.5 Å². The van der Waals surface area contributed by atoms with Gasteiger partial charge in [-0.3, -0.25) is 14.7 Å². The van der Waals surface area contributed by atoms with Crippen LogP contribution in [0.15, 0.2) is 30.7 Å². The van der Waals surface area contributed by atoms with E-state index in [4.69, 9.17) is 29.8 Å². The van der Waals surface area contributed by atoms with Crippen molar-refractivity contribution in [3.63, 3.8) is 0 Å². The Morgan fingerprint density at radius 1 is 1.08 bits per heavy atom. The number of aliphatic carboxylic acids is 1. The van der Waals surface area contributed by atoms with Crippen LogP contribution in [0.5, 0.6) is 0 Å². The molecule has 0 aromatic carbocycles. The van der Waals surface area contributed by atoms with E-state index in [2.05, 4.69) is 38.5 Å². The van der Waals surface area contributed by atoms with Gasteiger partial charge in [-0.1, -0.05) is 12.8 Å². The van der Waals surface area contributed by atoms with Crippen LogP contribution in [-0.2, 0) is 15.7 Å². The highest BCUT2D eigenvalue weighted by Crippen LogP contribution is 2.46. The van der Waals surface area contributed by atoms with Crippen molar-refractivity contribution >= 4 is 28.6 Å². The minimum absolute atomic E-state index is 0.0390. The molecule has 15 heteroatoms. The van der Waals surface area contributed by atoms with E-state index >= 15 is 0 Å². The fourth-order valence-corrected chi connectivity index (χ4v) is 8.19. The second kappa shape index (κ2) is 15.2. The Morgan fingerprint density at radius 3 is 2.51 bits per heavy atom. The van der Waals surface area contributed by atoms with Crippen molar-refractivity contribution in [3.8, 4) is 22.8 Å². The number of anilines is 2. The highest BCUT2D eigenvalue weighted by molar-refractivity contribution is 5.91. The number of piperazine rings is 1. The molecule has 0 bridgehead atoms. The number of hydrogen-bond acceptors (Lipinski definition) is 10. The molecule has 7 rings (SSSR count). The maximum absolute atomic E-state index is 14.3. The molecule has 2 saturated carbocycles. The number of methoxy groups -OCH3 is 1. The Bertz CT molecular complexity index is 1910. The Balaban J connectivity index is 1.22. The number of carbonyl (C=O) groups is 1. The summed E-state index contributed by atoms with van der Waals surface area (Å²) in [4.78, 5) is 44.6. The number of fused-ring (bicyclic) bond motifs is 1. The first kappa shape index (κ1) is 37.0. The van der Waals surface area contributed by atoms with Crippen molar-refractivity contribution < 1.29 is 27.8 Å². The Morgan fingerprint density at radius 2 is 1.87 bits per heavy atom. The van der Waals surface area contributed by atoms with E-state index in [0.717, 1.165) is 69.9 Å². The number of alkyl halides is 3. The number of H-pyrrole nitrogens is 1. The molecule has 5 heterocycles. The van der Waals surface area contributed by atoms with Gasteiger partial charge in [-0.15, -0.1) is 0 Å². The van der Waals surface area contributed by atoms with Crippen LogP contribution in [0.4, 0.5) is 24.7 Å². The van der Waals surface area contributed by atoms with Crippen molar-refractivity contribution in [2.24, 2.45) is 5.41 Å².